The second-order valence-electron chi connectivity index (χ2n) is 8.53. The van der Waals surface area contributed by atoms with E-state index in [1.165, 1.54) is 77.0 Å². The van der Waals surface area contributed by atoms with Crippen LogP contribution in [0.25, 0.3) is 0 Å². The lowest BCUT2D eigenvalue weighted by molar-refractivity contribution is -0.137. The van der Waals surface area contributed by atoms with Crippen molar-refractivity contribution in [3.05, 3.63) is 0 Å². The highest BCUT2D eigenvalue weighted by Crippen LogP contribution is 2.15. The van der Waals surface area contributed by atoms with Gasteiger partial charge in [-0.25, -0.2) is 0 Å². The SMILES string of the molecule is CCC(O)CCC(O)CCCCCCCCCCCCCCCCCC(=O)O. The van der Waals surface area contributed by atoms with Gasteiger partial charge in [-0.05, 0) is 32.1 Å². The zero-order chi connectivity index (χ0) is 20.9. The molecule has 0 saturated carbocycles. The number of unbranched alkanes of at least 4 members (excludes halogenated alkanes) is 14. The van der Waals surface area contributed by atoms with E-state index in [0.29, 0.717) is 6.42 Å². The molecule has 0 aliphatic carbocycles. The molecule has 0 radical (unpaired) electrons. The van der Waals surface area contributed by atoms with E-state index < -0.39 is 5.97 Å². The maximum absolute atomic E-state index is 10.4. The third-order valence-corrected chi connectivity index (χ3v) is 5.73. The molecule has 0 aromatic heterocycles. The summed E-state index contributed by atoms with van der Waals surface area (Å²) in [5, 5.41) is 28.0. The summed E-state index contributed by atoms with van der Waals surface area (Å²) in [5.41, 5.74) is 0. The van der Waals surface area contributed by atoms with E-state index in [9.17, 15) is 15.0 Å². The highest BCUT2D eigenvalue weighted by Gasteiger charge is 2.07. The lowest BCUT2D eigenvalue weighted by atomic mass is 10.0. The molecule has 0 aromatic rings. The van der Waals surface area contributed by atoms with Gasteiger partial charge in [0, 0.05) is 6.42 Å². The van der Waals surface area contributed by atoms with Crippen molar-refractivity contribution >= 4 is 5.97 Å². The first kappa shape index (κ1) is 27.4. The van der Waals surface area contributed by atoms with Gasteiger partial charge in [-0.1, -0.05) is 96.8 Å². The van der Waals surface area contributed by atoms with E-state index in [4.69, 9.17) is 5.11 Å². The molecule has 0 rings (SSSR count). The van der Waals surface area contributed by atoms with Crippen molar-refractivity contribution < 1.29 is 20.1 Å². The van der Waals surface area contributed by atoms with Crippen molar-refractivity contribution in [1.29, 1.82) is 0 Å². The van der Waals surface area contributed by atoms with Crippen LogP contribution in [0.2, 0.25) is 0 Å². The van der Waals surface area contributed by atoms with Crippen LogP contribution in [-0.4, -0.2) is 33.5 Å². The van der Waals surface area contributed by atoms with E-state index in [-0.39, 0.29) is 12.2 Å². The Bertz CT molecular complexity index is 333. The van der Waals surface area contributed by atoms with Crippen molar-refractivity contribution in [2.45, 2.75) is 148 Å². The van der Waals surface area contributed by atoms with Crippen molar-refractivity contribution in [3.63, 3.8) is 0 Å². The maximum atomic E-state index is 10.4. The normalized spacial score (nSPS) is 13.5. The largest absolute Gasteiger partial charge is 0.481 e. The quantitative estimate of drug-likeness (QED) is 0.179. The zero-order valence-corrected chi connectivity index (χ0v) is 18.5. The van der Waals surface area contributed by atoms with Crippen LogP contribution in [0.3, 0.4) is 0 Å². The summed E-state index contributed by atoms with van der Waals surface area (Å²) in [5.74, 6) is -0.668. The molecule has 0 heterocycles. The van der Waals surface area contributed by atoms with Crippen LogP contribution in [-0.2, 0) is 4.79 Å². The third-order valence-electron chi connectivity index (χ3n) is 5.73. The minimum atomic E-state index is -0.668. The second-order valence-corrected chi connectivity index (χ2v) is 8.53. The Hall–Kier alpha value is -0.610. The highest BCUT2D eigenvalue weighted by atomic mass is 16.4. The minimum absolute atomic E-state index is 0.231. The summed E-state index contributed by atoms with van der Waals surface area (Å²) in [7, 11) is 0. The Kier molecular flexibility index (Phi) is 20.6. The number of aliphatic hydroxyl groups excluding tert-OH is 2. The first-order valence-electron chi connectivity index (χ1n) is 12.1. The van der Waals surface area contributed by atoms with Gasteiger partial charge in [0.2, 0.25) is 0 Å². The topological polar surface area (TPSA) is 77.8 Å². The number of carbonyl (C=O) groups is 1. The molecule has 0 aliphatic heterocycles. The monoisotopic (exact) mass is 400 g/mol. The molecular weight excluding hydrogens is 352 g/mol. The number of hydrogen-bond acceptors (Lipinski definition) is 3. The molecule has 2 unspecified atom stereocenters. The number of aliphatic carboxylic acids is 1. The molecule has 0 bridgehead atoms. The Morgan fingerprint density at radius 2 is 0.929 bits per heavy atom. The van der Waals surface area contributed by atoms with Crippen molar-refractivity contribution in [3.8, 4) is 0 Å². The molecule has 0 aromatic carbocycles. The van der Waals surface area contributed by atoms with Gasteiger partial charge in [-0.3, -0.25) is 4.79 Å². The maximum Gasteiger partial charge on any atom is 0.303 e. The van der Waals surface area contributed by atoms with E-state index in [0.717, 1.165) is 44.9 Å². The number of rotatable bonds is 22. The fourth-order valence-electron chi connectivity index (χ4n) is 3.69. The molecule has 3 N–H and O–H groups in total. The number of aliphatic hydroxyl groups is 2. The summed E-state index contributed by atoms with van der Waals surface area (Å²) in [6.45, 7) is 1.98. The fraction of sp³-hybridized carbons (Fsp3) is 0.958. The highest BCUT2D eigenvalue weighted by molar-refractivity contribution is 5.66. The molecule has 0 spiro atoms. The van der Waals surface area contributed by atoms with Gasteiger partial charge in [0.05, 0.1) is 12.2 Å². The van der Waals surface area contributed by atoms with Gasteiger partial charge in [-0.2, -0.15) is 0 Å². The Balaban J connectivity index is 3.13. The molecule has 0 amide bonds. The first-order chi connectivity index (χ1) is 13.6. The minimum Gasteiger partial charge on any atom is -0.481 e. The zero-order valence-electron chi connectivity index (χ0n) is 18.5. The molecule has 2 atom stereocenters. The van der Waals surface area contributed by atoms with Gasteiger partial charge in [0.25, 0.3) is 0 Å². The van der Waals surface area contributed by atoms with Crippen LogP contribution < -0.4 is 0 Å². The summed E-state index contributed by atoms with van der Waals surface area (Å²) in [6.07, 6.45) is 21.6. The molecule has 4 nitrogen and oxygen atoms in total. The van der Waals surface area contributed by atoms with Crippen molar-refractivity contribution in [2.24, 2.45) is 0 Å². The van der Waals surface area contributed by atoms with Gasteiger partial charge < -0.3 is 15.3 Å². The predicted octanol–water partition coefficient (Wildman–Crippen LogP) is 6.61. The van der Waals surface area contributed by atoms with Crippen LogP contribution in [0.1, 0.15) is 135 Å². The van der Waals surface area contributed by atoms with Gasteiger partial charge in [0.15, 0.2) is 0 Å². The molecule has 4 heteroatoms. The average Bonchev–Trinajstić information content (AvgIpc) is 2.68. The Morgan fingerprint density at radius 3 is 1.32 bits per heavy atom. The second kappa shape index (κ2) is 21.1. The van der Waals surface area contributed by atoms with Gasteiger partial charge in [0.1, 0.15) is 0 Å². The number of hydrogen-bond donors (Lipinski definition) is 3. The molecule has 0 aliphatic rings. The molecule has 28 heavy (non-hydrogen) atoms. The summed E-state index contributed by atoms with van der Waals surface area (Å²) < 4.78 is 0. The van der Waals surface area contributed by atoms with E-state index in [1.54, 1.807) is 0 Å². The molecule has 0 saturated heterocycles. The van der Waals surface area contributed by atoms with Gasteiger partial charge >= 0.3 is 5.97 Å². The molecule has 168 valence electrons. The third kappa shape index (κ3) is 21.7. The average molecular weight is 401 g/mol. The number of carboxylic acids is 1. The van der Waals surface area contributed by atoms with Crippen LogP contribution >= 0.6 is 0 Å². The lowest BCUT2D eigenvalue weighted by Gasteiger charge is -2.12. The smallest absolute Gasteiger partial charge is 0.303 e. The molecular formula is C24H48O4. The van der Waals surface area contributed by atoms with Crippen molar-refractivity contribution in [2.75, 3.05) is 0 Å². The summed E-state index contributed by atoms with van der Waals surface area (Å²) in [4.78, 5) is 10.4. The number of carboxylic acid groups (broad SMARTS) is 1. The molecule has 0 fully saturated rings. The summed E-state index contributed by atoms with van der Waals surface area (Å²) in [6, 6.07) is 0. The fourth-order valence-corrected chi connectivity index (χ4v) is 3.69. The van der Waals surface area contributed by atoms with Crippen LogP contribution in [0.5, 0.6) is 0 Å². The van der Waals surface area contributed by atoms with E-state index in [2.05, 4.69) is 0 Å². The van der Waals surface area contributed by atoms with Crippen LogP contribution in [0.15, 0.2) is 0 Å². The Labute approximate surface area is 174 Å². The van der Waals surface area contributed by atoms with Crippen LogP contribution in [0.4, 0.5) is 0 Å². The lowest BCUT2D eigenvalue weighted by Crippen LogP contribution is -2.12. The van der Waals surface area contributed by atoms with E-state index >= 15 is 0 Å². The predicted molar refractivity (Wildman–Crippen MR) is 118 cm³/mol. The van der Waals surface area contributed by atoms with Crippen molar-refractivity contribution in [1.82, 2.24) is 0 Å². The standard InChI is InChI=1S/C24H48O4/c1-2-22(25)20-21-23(26)18-16-14-12-10-8-6-4-3-5-7-9-11-13-15-17-19-24(27)28/h22-23,25-26H,2-21H2,1H3,(H,27,28). The van der Waals surface area contributed by atoms with Gasteiger partial charge in [-0.15, -0.1) is 0 Å². The Morgan fingerprint density at radius 1 is 0.571 bits per heavy atom. The van der Waals surface area contributed by atoms with Crippen LogP contribution in [0, 0.1) is 0 Å². The summed E-state index contributed by atoms with van der Waals surface area (Å²) >= 11 is 0. The van der Waals surface area contributed by atoms with E-state index in [1.807, 2.05) is 6.92 Å². The first-order valence-corrected chi connectivity index (χ1v) is 12.1.